The van der Waals surface area contributed by atoms with Gasteiger partial charge in [0.05, 0.1) is 13.2 Å². The van der Waals surface area contributed by atoms with Crippen LogP contribution in [0.2, 0.25) is 0 Å². The van der Waals surface area contributed by atoms with Crippen LogP contribution in [0.5, 0.6) is 0 Å². The van der Waals surface area contributed by atoms with Gasteiger partial charge in [0.15, 0.2) is 5.82 Å². The van der Waals surface area contributed by atoms with E-state index in [-0.39, 0.29) is 6.03 Å². The van der Waals surface area contributed by atoms with Crippen molar-refractivity contribution >= 4 is 11.8 Å². The predicted molar refractivity (Wildman–Crippen MR) is 65.5 cm³/mol. The Hall–Kier alpha value is -1.60. The molecule has 1 aliphatic heterocycles. The minimum Gasteiger partial charge on any atom is -0.379 e. The van der Waals surface area contributed by atoms with Gasteiger partial charge in [0.25, 0.3) is 0 Å². The molecule has 2 rings (SSSR count). The van der Waals surface area contributed by atoms with Crippen LogP contribution in [0.25, 0.3) is 0 Å². The zero-order valence-electron chi connectivity index (χ0n) is 10.4. The van der Waals surface area contributed by atoms with Crippen molar-refractivity contribution in [3.63, 3.8) is 0 Å². The summed E-state index contributed by atoms with van der Waals surface area (Å²) < 4.78 is 10.1. The van der Waals surface area contributed by atoms with E-state index >= 15 is 0 Å². The number of rotatable bonds is 4. The van der Waals surface area contributed by atoms with Crippen LogP contribution in [-0.4, -0.2) is 55.5 Å². The first-order valence-electron chi connectivity index (χ1n) is 6.02. The van der Waals surface area contributed by atoms with Gasteiger partial charge in [-0.15, -0.1) is 0 Å². The lowest BCUT2D eigenvalue weighted by Gasteiger charge is -2.26. The maximum atomic E-state index is 11.5. The molecule has 2 amide bonds. The number of nitrogens with one attached hydrogen (secondary N) is 2. The standard InChI is InChI=1S/C11H18N4O3/c1-9-8-10(14-18-9)13-11(16)12-2-3-15-4-6-17-7-5-15/h8H,2-7H2,1H3,(H2,12,13,14,16). The van der Waals surface area contributed by atoms with E-state index in [2.05, 4.69) is 20.7 Å². The lowest BCUT2D eigenvalue weighted by atomic mass is 10.4. The van der Waals surface area contributed by atoms with E-state index in [1.807, 2.05) is 0 Å². The normalized spacial score (nSPS) is 16.5. The average molecular weight is 254 g/mol. The Balaban J connectivity index is 1.62. The van der Waals surface area contributed by atoms with Gasteiger partial charge < -0.3 is 14.6 Å². The predicted octanol–water partition coefficient (Wildman–Crippen LogP) is 0.437. The number of nitrogens with zero attached hydrogens (tertiary/aromatic N) is 2. The Morgan fingerprint density at radius 3 is 2.94 bits per heavy atom. The molecule has 0 atom stereocenters. The van der Waals surface area contributed by atoms with Crippen molar-refractivity contribution < 1.29 is 14.1 Å². The molecule has 1 aromatic heterocycles. The Bertz CT molecular complexity index is 387. The van der Waals surface area contributed by atoms with Crippen LogP contribution in [0.15, 0.2) is 10.6 Å². The molecule has 0 aliphatic carbocycles. The second kappa shape index (κ2) is 6.36. The molecule has 0 aromatic carbocycles. The molecule has 0 bridgehead atoms. The summed E-state index contributed by atoms with van der Waals surface area (Å²) in [6, 6.07) is 1.40. The van der Waals surface area contributed by atoms with Crippen molar-refractivity contribution in [2.45, 2.75) is 6.92 Å². The van der Waals surface area contributed by atoms with Crippen molar-refractivity contribution in [1.82, 2.24) is 15.4 Å². The summed E-state index contributed by atoms with van der Waals surface area (Å²) in [5, 5.41) is 9.06. The molecule has 18 heavy (non-hydrogen) atoms. The molecule has 1 aliphatic rings. The van der Waals surface area contributed by atoms with Crippen molar-refractivity contribution in [1.29, 1.82) is 0 Å². The van der Waals surface area contributed by atoms with E-state index in [1.165, 1.54) is 0 Å². The van der Waals surface area contributed by atoms with Crippen LogP contribution < -0.4 is 10.6 Å². The molecule has 7 nitrogen and oxygen atoms in total. The fraction of sp³-hybridized carbons (Fsp3) is 0.636. The average Bonchev–Trinajstić information content (AvgIpc) is 2.76. The van der Waals surface area contributed by atoms with Gasteiger partial charge in [0.1, 0.15) is 5.76 Å². The van der Waals surface area contributed by atoms with Gasteiger partial charge in [-0.3, -0.25) is 10.2 Å². The molecular weight excluding hydrogens is 236 g/mol. The molecular formula is C11H18N4O3. The van der Waals surface area contributed by atoms with Gasteiger partial charge in [-0.1, -0.05) is 5.16 Å². The Morgan fingerprint density at radius 2 is 2.28 bits per heavy atom. The maximum Gasteiger partial charge on any atom is 0.320 e. The minimum absolute atomic E-state index is 0.267. The number of hydrogen-bond donors (Lipinski definition) is 2. The summed E-state index contributed by atoms with van der Waals surface area (Å²) >= 11 is 0. The van der Waals surface area contributed by atoms with Crippen molar-refractivity contribution in [2.24, 2.45) is 0 Å². The number of aromatic nitrogens is 1. The highest BCUT2D eigenvalue weighted by Crippen LogP contribution is 2.06. The summed E-state index contributed by atoms with van der Waals surface area (Å²) in [4.78, 5) is 13.8. The fourth-order valence-corrected chi connectivity index (χ4v) is 1.74. The van der Waals surface area contributed by atoms with Crippen LogP contribution in [0.1, 0.15) is 5.76 Å². The van der Waals surface area contributed by atoms with Crippen molar-refractivity contribution in [3.05, 3.63) is 11.8 Å². The Labute approximate surface area is 105 Å². The van der Waals surface area contributed by atoms with E-state index < -0.39 is 0 Å². The van der Waals surface area contributed by atoms with E-state index in [9.17, 15) is 4.79 Å². The maximum absolute atomic E-state index is 11.5. The largest absolute Gasteiger partial charge is 0.379 e. The highest BCUT2D eigenvalue weighted by molar-refractivity contribution is 5.88. The highest BCUT2D eigenvalue weighted by atomic mass is 16.5. The minimum atomic E-state index is -0.267. The zero-order chi connectivity index (χ0) is 12.8. The third-order valence-electron chi connectivity index (χ3n) is 2.69. The van der Waals surface area contributed by atoms with Gasteiger partial charge in [0.2, 0.25) is 0 Å². The van der Waals surface area contributed by atoms with Crippen molar-refractivity contribution in [3.8, 4) is 0 Å². The highest BCUT2D eigenvalue weighted by Gasteiger charge is 2.10. The van der Waals surface area contributed by atoms with Gasteiger partial charge in [-0.05, 0) is 6.92 Å². The van der Waals surface area contributed by atoms with Gasteiger partial charge >= 0.3 is 6.03 Å². The number of morpholine rings is 1. The van der Waals surface area contributed by atoms with Crippen LogP contribution in [0.4, 0.5) is 10.6 Å². The monoisotopic (exact) mass is 254 g/mol. The number of urea groups is 1. The van der Waals surface area contributed by atoms with Gasteiger partial charge in [0, 0.05) is 32.2 Å². The lowest BCUT2D eigenvalue weighted by molar-refractivity contribution is 0.0388. The smallest absolute Gasteiger partial charge is 0.320 e. The molecule has 1 aromatic rings. The second-order valence-electron chi connectivity index (χ2n) is 4.16. The molecule has 0 spiro atoms. The second-order valence-corrected chi connectivity index (χ2v) is 4.16. The molecule has 1 fully saturated rings. The van der Waals surface area contributed by atoms with Crippen molar-refractivity contribution in [2.75, 3.05) is 44.7 Å². The summed E-state index contributed by atoms with van der Waals surface area (Å²) in [5.74, 6) is 1.09. The molecule has 7 heteroatoms. The fourth-order valence-electron chi connectivity index (χ4n) is 1.74. The number of carbonyl (C=O) groups excluding carboxylic acids is 1. The molecule has 100 valence electrons. The first kappa shape index (κ1) is 12.8. The molecule has 2 heterocycles. The first-order chi connectivity index (χ1) is 8.74. The molecule has 2 N–H and O–H groups in total. The van der Waals surface area contributed by atoms with Crippen LogP contribution >= 0.6 is 0 Å². The molecule has 0 saturated carbocycles. The lowest BCUT2D eigenvalue weighted by Crippen LogP contribution is -2.42. The SMILES string of the molecule is Cc1cc(NC(=O)NCCN2CCOCC2)no1. The number of amides is 2. The zero-order valence-corrected chi connectivity index (χ0v) is 10.4. The third kappa shape index (κ3) is 4.01. The number of carbonyl (C=O) groups is 1. The first-order valence-corrected chi connectivity index (χ1v) is 6.02. The summed E-state index contributed by atoms with van der Waals surface area (Å²) in [6.45, 7) is 6.58. The molecule has 0 radical (unpaired) electrons. The van der Waals surface area contributed by atoms with E-state index in [4.69, 9.17) is 9.26 Å². The van der Waals surface area contributed by atoms with Gasteiger partial charge in [-0.2, -0.15) is 0 Å². The van der Waals surface area contributed by atoms with Gasteiger partial charge in [-0.25, -0.2) is 4.79 Å². The topological polar surface area (TPSA) is 79.6 Å². The Morgan fingerprint density at radius 1 is 1.50 bits per heavy atom. The molecule has 1 saturated heterocycles. The van der Waals surface area contributed by atoms with Crippen LogP contribution in [-0.2, 0) is 4.74 Å². The van der Waals surface area contributed by atoms with E-state index in [1.54, 1.807) is 13.0 Å². The summed E-state index contributed by atoms with van der Waals surface area (Å²) in [7, 11) is 0. The summed E-state index contributed by atoms with van der Waals surface area (Å²) in [5.41, 5.74) is 0. The van der Waals surface area contributed by atoms with E-state index in [0.717, 1.165) is 32.8 Å². The number of ether oxygens (including phenoxy) is 1. The number of aryl methyl sites for hydroxylation is 1. The Kier molecular flexibility index (Phi) is 4.54. The van der Waals surface area contributed by atoms with Crippen LogP contribution in [0, 0.1) is 6.92 Å². The number of hydrogen-bond acceptors (Lipinski definition) is 5. The number of anilines is 1. The molecule has 0 unspecified atom stereocenters. The summed E-state index contributed by atoms with van der Waals surface area (Å²) in [6.07, 6.45) is 0. The quantitative estimate of drug-likeness (QED) is 0.815. The third-order valence-corrected chi connectivity index (χ3v) is 2.69. The van der Waals surface area contributed by atoms with Crippen LogP contribution in [0.3, 0.4) is 0 Å². The van der Waals surface area contributed by atoms with E-state index in [0.29, 0.717) is 18.1 Å².